The number of H-pyrrole nitrogens is 1. The van der Waals surface area contributed by atoms with Crippen molar-refractivity contribution in [2.24, 2.45) is 0 Å². The molecule has 1 fully saturated rings. The van der Waals surface area contributed by atoms with E-state index in [0.717, 1.165) is 16.5 Å². The van der Waals surface area contributed by atoms with Crippen molar-refractivity contribution in [1.29, 1.82) is 0 Å². The fourth-order valence-electron chi connectivity index (χ4n) is 4.58. The lowest BCUT2D eigenvalue weighted by atomic mass is 10.0. The van der Waals surface area contributed by atoms with Gasteiger partial charge in [0.2, 0.25) is 0 Å². The Bertz CT molecular complexity index is 1490. The van der Waals surface area contributed by atoms with E-state index in [-0.39, 0.29) is 17.4 Å². The topological polar surface area (TPSA) is 123 Å². The molecular weight excluding hydrogens is 427 g/mol. The molecule has 5 rings (SSSR count). The van der Waals surface area contributed by atoms with E-state index in [4.69, 9.17) is 10.2 Å². The number of carbonyl (C=O) groups excluding carboxylic acids is 1. The number of carbonyl (C=O) groups is 1. The molecule has 0 radical (unpaired) electrons. The molecule has 1 saturated heterocycles. The van der Waals surface area contributed by atoms with Gasteiger partial charge in [0.25, 0.3) is 11.5 Å². The third-order valence-corrected chi connectivity index (χ3v) is 6.30. The predicted molar refractivity (Wildman–Crippen MR) is 122 cm³/mol. The smallest absolute Gasteiger partial charge is 0.292 e. The van der Waals surface area contributed by atoms with Crippen LogP contribution >= 0.6 is 0 Å². The van der Waals surface area contributed by atoms with Gasteiger partial charge in [-0.2, -0.15) is 10.2 Å². The van der Waals surface area contributed by atoms with Gasteiger partial charge in [-0.15, -0.1) is 0 Å². The average molecular weight is 450 g/mol. The van der Waals surface area contributed by atoms with Crippen LogP contribution in [0, 0.1) is 13.8 Å². The van der Waals surface area contributed by atoms with Gasteiger partial charge in [0.05, 0.1) is 11.4 Å². The molecule has 0 aliphatic carbocycles. The van der Waals surface area contributed by atoms with Gasteiger partial charge in [-0.25, -0.2) is 9.49 Å². The number of piperidine rings is 1. The first-order valence-corrected chi connectivity index (χ1v) is 10.7. The fourth-order valence-corrected chi connectivity index (χ4v) is 4.58. The number of nitrogens with two attached hydrogens (primary N) is 1. The van der Waals surface area contributed by atoms with Crippen molar-refractivity contribution < 1.29 is 13.6 Å². The molecule has 0 atom stereocenters. The van der Waals surface area contributed by atoms with Crippen LogP contribution in [0.15, 0.2) is 39.8 Å². The molecule has 3 aromatic heterocycles. The number of nitrogens with zero attached hydrogens (tertiary/aromatic N) is 4. The molecular formula is C23H23FN6O3. The minimum atomic E-state index is -0.974. The van der Waals surface area contributed by atoms with E-state index in [1.807, 2.05) is 32.0 Å². The van der Waals surface area contributed by atoms with Gasteiger partial charge >= 0.3 is 0 Å². The molecule has 0 bridgehead atoms. The number of fused-ring (bicyclic) bond motifs is 2. The van der Waals surface area contributed by atoms with Gasteiger partial charge in [0, 0.05) is 24.0 Å². The minimum Gasteiger partial charge on any atom is -0.454 e. The number of hydrogen-bond donors (Lipinski definition) is 2. The third kappa shape index (κ3) is 3.29. The molecule has 10 heteroatoms. The highest BCUT2D eigenvalue weighted by atomic mass is 19.1. The van der Waals surface area contributed by atoms with Crippen molar-refractivity contribution in [3.05, 3.63) is 52.1 Å². The van der Waals surface area contributed by atoms with Gasteiger partial charge in [0.15, 0.2) is 22.9 Å². The first-order chi connectivity index (χ1) is 15.8. The Morgan fingerprint density at radius 2 is 2.03 bits per heavy atom. The Hall–Kier alpha value is -3.95. The molecule has 1 amide bonds. The third-order valence-electron chi connectivity index (χ3n) is 6.30. The van der Waals surface area contributed by atoms with Gasteiger partial charge < -0.3 is 15.1 Å². The second-order valence-electron chi connectivity index (χ2n) is 8.44. The Kier molecular flexibility index (Phi) is 4.80. The molecule has 0 unspecified atom stereocenters. The highest BCUT2D eigenvalue weighted by molar-refractivity contribution is 6.01. The lowest BCUT2D eigenvalue weighted by Gasteiger charge is -2.32. The van der Waals surface area contributed by atoms with Crippen molar-refractivity contribution in [1.82, 2.24) is 24.9 Å². The zero-order chi connectivity index (χ0) is 23.4. The van der Waals surface area contributed by atoms with Crippen LogP contribution in [-0.2, 0) is 4.79 Å². The Labute approximate surface area is 187 Å². The van der Waals surface area contributed by atoms with Crippen LogP contribution in [0.3, 0.4) is 0 Å². The lowest BCUT2D eigenvalue weighted by Crippen LogP contribution is -2.39. The first kappa shape index (κ1) is 20.9. The Morgan fingerprint density at radius 1 is 1.30 bits per heavy atom. The highest BCUT2D eigenvalue weighted by Crippen LogP contribution is 2.40. The summed E-state index contributed by atoms with van der Waals surface area (Å²) >= 11 is 0. The number of nitrogens with one attached hydrogen (secondary N) is 1. The van der Waals surface area contributed by atoms with Gasteiger partial charge in [-0.1, -0.05) is 18.2 Å². The summed E-state index contributed by atoms with van der Waals surface area (Å²) in [4.78, 5) is 25.9. The zero-order valence-electron chi connectivity index (χ0n) is 18.3. The lowest BCUT2D eigenvalue weighted by molar-refractivity contribution is -0.129. The maximum Gasteiger partial charge on any atom is 0.292 e. The number of likely N-dealkylation sites (tertiary alicyclic amines) is 1. The Balaban J connectivity index is 1.68. The Morgan fingerprint density at radius 3 is 2.73 bits per heavy atom. The minimum absolute atomic E-state index is 0.142. The van der Waals surface area contributed by atoms with E-state index < -0.39 is 17.3 Å². The van der Waals surface area contributed by atoms with Gasteiger partial charge in [-0.3, -0.25) is 14.3 Å². The van der Waals surface area contributed by atoms with Crippen molar-refractivity contribution in [3.8, 4) is 11.5 Å². The van der Waals surface area contributed by atoms with Crippen LogP contribution in [0.5, 0.6) is 0 Å². The SMILES string of the molecule is C=C(F)C(=O)N1CCC(n2nc3c(=O)[nH]nc(N)c3c2-c2oc3ccc(C)cc3c2C)CC1. The molecule has 0 spiro atoms. The number of nitrogen functional groups attached to an aromatic ring is 1. The number of rotatable bonds is 3. The van der Waals surface area contributed by atoms with Gasteiger partial charge in [0.1, 0.15) is 11.3 Å². The van der Waals surface area contributed by atoms with Crippen molar-refractivity contribution >= 4 is 33.6 Å². The maximum absolute atomic E-state index is 13.3. The summed E-state index contributed by atoms with van der Waals surface area (Å²) in [5, 5.41) is 12.3. The standard InChI is InChI=1S/C23H23FN6O3/c1-11-4-5-16-15(10-11)12(2)20(33-16)19-17-18(22(31)27-26-21(17)25)28-30(19)14-6-8-29(9-7-14)23(32)13(3)24/h4-5,10,14H,3,6-9H2,1-2H3,(H2,25,26)(H,27,31). The predicted octanol–water partition coefficient (Wildman–Crippen LogP) is 3.38. The van der Waals surface area contributed by atoms with E-state index in [1.54, 1.807) is 4.68 Å². The molecule has 33 heavy (non-hydrogen) atoms. The fraction of sp³-hybridized carbons (Fsp3) is 0.304. The molecule has 1 aromatic carbocycles. The van der Waals surface area contributed by atoms with Crippen molar-refractivity contribution in [2.45, 2.75) is 32.7 Å². The summed E-state index contributed by atoms with van der Waals surface area (Å²) < 4.78 is 21.3. The quantitative estimate of drug-likeness (QED) is 0.461. The van der Waals surface area contributed by atoms with Crippen LogP contribution < -0.4 is 11.3 Å². The molecule has 0 saturated carbocycles. The van der Waals surface area contributed by atoms with Crippen molar-refractivity contribution in [3.63, 3.8) is 0 Å². The summed E-state index contributed by atoms with van der Waals surface area (Å²) in [6.07, 6.45) is 1.03. The zero-order valence-corrected chi connectivity index (χ0v) is 18.3. The van der Waals surface area contributed by atoms with E-state index in [1.165, 1.54) is 4.90 Å². The number of anilines is 1. The number of furan rings is 1. The number of hydrogen-bond acceptors (Lipinski definition) is 6. The van der Waals surface area contributed by atoms with E-state index >= 15 is 0 Å². The summed E-state index contributed by atoms with van der Waals surface area (Å²) in [7, 11) is 0. The summed E-state index contributed by atoms with van der Waals surface area (Å²) in [6, 6.07) is 5.77. The molecule has 1 aliphatic rings. The number of aromatic nitrogens is 4. The monoisotopic (exact) mass is 450 g/mol. The van der Waals surface area contributed by atoms with Crippen LogP contribution in [0.1, 0.15) is 30.0 Å². The van der Waals surface area contributed by atoms with Crippen LogP contribution in [0.25, 0.3) is 33.3 Å². The molecule has 1 aliphatic heterocycles. The van der Waals surface area contributed by atoms with E-state index in [9.17, 15) is 14.0 Å². The molecule has 4 heterocycles. The van der Waals surface area contributed by atoms with Crippen LogP contribution in [0.2, 0.25) is 0 Å². The number of aryl methyl sites for hydroxylation is 2. The van der Waals surface area contributed by atoms with Gasteiger partial charge in [-0.05, 0) is 38.8 Å². The largest absolute Gasteiger partial charge is 0.454 e. The molecule has 4 aromatic rings. The number of halogens is 1. The molecule has 170 valence electrons. The second-order valence-corrected chi connectivity index (χ2v) is 8.44. The molecule has 3 N–H and O–H groups in total. The number of aromatic amines is 1. The highest BCUT2D eigenvalue weighted by Gasteiger charge is 2.31. The van der Waals surface area contributed by atoms with E-state index in [0.29, 0.717) is 48.4 Å². The number of benzene rings is 1. The van der Waals surface area contributed by atoms with E-state index in [2.05, 4.69) is 21.9 Å². The summed E-state index contributed by atoms with van der Waals surface area (Å²) in [5.41, 5.74) is 9.20. The maximum atomic E-state index is 13.3. The number of amides is 1. The molecule has 9 nitrogen and oxygen atoms in total. The summed E-state index contributed by atoms with van der Waals surface area (Å²) in [6.45, 7) is 7.74. The second kappa shape index (κ2) is 7.58. The van der Waals surface area contributed by atoms with Crippen LogP contribution in [0.4, 0.5) is 10.2 Å². The summed E-state index contributed by atoms with van der Waals surface area (Å²) in [5.74, 6) is -0.971. The first-order valence-electron chi connectivity index (χ1n) is 10.7. The normalized spacial score (nSPS) is 14.9. The van der Waals surface area contributed by atoms with Crippen LogP contribution in [-0.4, -0.2) is 43.9 Å². The average Bonchev–Trinajstić information content (AvgIpc) is 3.35. The van der Waals surface area contributed by atoms with Crippen molar-refractivity contribution in [2.75, 3.05) is 18.8 Å².